The molecule has 0 radical (unpaired) electrons. The molecule has 0 aromatic heterocycles. The van der Waals surface area contributed by atoms with Gasteiger partial charge in [0.05, 0.1) is 11.3 Å². The van der Waals surface area contributed by atoms with E-state index < -0.39 is 5.97 Å². The highest BCUT2D eigenvalue weighted by Gasteiger charge is 2.18. The second-order valence-corrected chi connectivity index (χ2v) is 5.29. The molecule has 3 N–H and O–H groups in total. The minimum atomic E-state index is -1.12. The van der Waals surface area contributed by atoms with Gasteiger partial charge in [0.15, 0.2) is 0 Å². The molecule has 1 saturated heterocycles. The zero-order valence-electron chi connectivity index (χ0n) is 10.1. The van der Waals surface area contributed by atoms with E-state index >= 15 is 0 Å². The van der Waals surface area contributed by atoms with Gasteiger partial charge >= 0.3 is 12.0 Å². The summed E-state index contributed by atoms with van der Waals surface area (Å²) in [6.07, 6.45) is 0. The molecular weight excluding hydrogens is 268 g/mol. The van der Waals surface area contributed by atoms with Gasteiger partial charge in [-0.2, -0.15) is 11.8 Å². The van der Waals surface area contributed by atoms with Crippen molar-refractivity contribution in [2.75, 3.05) is 29.9 Å². The van der Waals surface area contributed by atoms with Gasteiger partial charge in [0.25, 0.3) is 0 Å². The van der Waals surface area contributed by atoms with E-state index in [4.69, 9.17) is 5.11 Å². The molecule has 0 atom stereocenters. The molecule has 0 unspecified atom stereocenters. The SMILES string of the molecule is O=C(O)c1ccc(NC(=O)N2CCSCC2)c(O)c1. The maximum Gasteiger partial charge on any atom is 0.335 e. The van der Waals surface area contributed by atoms with Crippen LogP contribution in [0.4, 0.5) is 10.5 Å². The van der Waals surface area contributed by atoms with Crippen molar-refractivity contribution in [2.24, 2.45) is 0 Å². The number of phenols is 1. The standard InChI is InChI=1S/C12H14N2O4S/c15-10-7-8(11(16)17)1-2-9(10)13-12(18)14-3-5-19-6-4-14/h1-2,7,15H,3-6H2,(H,13,18)(H,16,17). The molecule has 0 aliphatic carbocycles. The first-order valence-corrected chi connectivity index (χ1v) is 6.93. The quantitative estimate of drug-likeness (QED) is 0.718. The fraction of sp³-hybridized carbons (Fsp3) is 0.333. The molecule has 1 aromatic rings. The van der Waals surface area contributed by atoms with Crippen LogP contribution < -0.4 is 5.32 Å². The van der Waals surface area contributed by atoms with Crippen LogP contribution in [0.1, 0.15) is 10.4 Å². The Morgan fingerprint density at radius 2 is 1.95 bits per heavy atom. The summed E-state index contributed by atoms with van der Waals surface area (Å²) in [6.45, 7) is 1.34. The lowest BCUT2D eigenvalue weighted by molar-refractivity contribution is 0.0696. The van der Waals surface area contributed by atoms with Crippen molar-refractivity contribution >= 4 is 29.4 Å². The number of carbonyl (C=O) groups is 2. The largest absolute Gasteiger partial charge is 0.506 e. The minimum Gasteiger partial charge on any atom is -0.506 e. The number of nitrogens with one attached hydrogen (secondary N) is 1. The second-order valence-electron chi connectivity index (χ2n) is 4.07. The maximum absolute atomic E-state index is 11.9. The van der Waals surface area contributed by atoms with Crippen molar-refractivity contribution in [1.29, 1.82) is 0 Å². The molecule has 19 heavy (non-hydrogen) atoms. The van der Waals surface area contributed by atoms with Crippen LogP contribution >= 0.6 is 11.8 Å². The molecule has 1 heterocycles. The van der Waals surface area contributed by atoms with Gasteiger partial charge in [0.2, 0.25) is 0 Å². The Kier molecular flexibility index (Phi) is 4.16. The average Bonchev–Trinajstić information content (AvgIpc) is 2.41. The summed E-state index contributed by atoms with van der Waals surface area (Å²) in [5.74, 6) is 0.426. The van der Waals surface area contributed by atoms with Crippen LogP contribution in [0.15, 0.2) is 18.2 Å². The molecule has 0 bridgehead atoms. The van der Waals surface area contributed by atoms with Crippen molar-refractivity contribution in [3.05, 3.63) is 23.8 Å². The Morgan fingerprint density at radius 3 is 2.53 bits per heavy atom. The van der Waals surface area contributed by atoms with Crippen molar-refractivity contribution in [1.82, 2.24) is 4.90 Å². The number of benzene rings is 1. The first-order valence-electron chi connectivity index (χ1n) is 5.78. The van der Waals surface area contributed by atoms with Crippen LogP contribution in [0, 0.1) is 0 Å². The Hall–Kier alpha value is -1.89. The van der Waals surface area contributed by atoms with E-state index in [0.29, 0.717) is 13.1 Å². The summed E-state index contributed by atoms with van der Waals surface area (Å²) >= 11 is 1.79. The van der Waals surface area contributed by atoms with E-state index in [0.717, 1.165) is 17.6 Å². The lowest BCUT2D eigenvalue weighted by atomic mass is 10.2. The Morgan fingerprint density at radius 1 is 1.26 bits per heavy atom. The predicted octanol–water partition coefficient (Wildman–Crippen LogP) is 1.67. The van der Waals surface area contributed by atoms with E-state index in [1.807, 2.05) is 0 Å². The maximum atomic E-state index is 11.9. The summed E-state index contributed by atoms with van der Waals surface area (Å²) in [7, 11) is 0. The summed E-state index contributed by atoms with van der Waals surface area (Å²) in [5.41, 5.74) is 0.193. The van der Waals surface area contributed by atoms with Gasteiger partial charge in [-0.15, -0.1) is 0 Å². The monoisotopic (exact) mass is 282 g/mol. The third-order valence-corrected chi connectivity index (χ3v) is 3.73. The van der Waals surface area contributed by atoms with E-state index in [-0.39, 0.29) is 23.0 Å². The van der Waals surface area contributed by atoms with E-state index in [1.165, 1.54) is 12.1 Å². The fourth-order valence-electron chi connectivity index (χ4n) is 1.73. The summed E-state index contributed by atoms with van der Waals surface area (Å²) in [6, 6.07) is 3.56. The van der Waals surface area contributed by atoms with Crippen LogP contribution in [-0.2, 0) is 0 Å². The summed E-state index contributed by atoms with van der Waals surface area (Å²) in [5, 5.41) is 21.0. The summed E-state index contributed by atoms with van der Waals surface area (Å²) in [4.78, 5) is 24.3. The van der Waals surface area contributed by atoms with E-state index in [9.17, 15) is 14.7 Å². The van der Waals surface area contributed by atoms with Crippen molar-refractivity contribution in [3.63, 3.8) is 0 Å². The predicted molar refractivity (Wildman–Crippen MR) is 73.0 cm³/mol. The number of rotatable bonds is 2. The van der Waals surface area contributed by atoms with Crippen LogP contribution in [0.2, 0.25) is 0 Å². The molecule has 1 aliphatic heterocycles. The number of nitrogens with zero attached hydrogens (tertiary/aromatic N) is 1. The number of urea groups is 1. The highest BCUT2D eigenvalue weighted by molar-refractivity contribution is 7.99. The molecule has 102 valence electrons. The molecule has 0 spiro atoms. The number of thioether (sulfide) groups is 1. The number of aromatic carboxylic acids is 1. The van der Waals surface area contributed by atoms with E-state index in [2.05, 4.69) is 5.32 Å². The number of hydrogen-bond acceptors (Lipinski definition) is 4. The highest BCUT2D eigenvalue weighted by atomic mass is 32.2. The van der Waals surface area contributed by atoms with Crippen molar-refractivity contribution in [2.45, 2.75) is 0 Å². The molecular formula is C12H14N2O4S. The number of carbonyl (C=O) groups excluding carboxylic acids is 1. The molecule has 1 aromatic carbocycles. The molecule has 2 rings (SSSR count). The second kappa shape index (κ2) is 5.83. The lowest BCUT2D eigenvalue weighted by Gasteiger charge is -2.26. The Balaban J connectivity index is 2.06. The number of hydrogen-bond donors (Lipinski definition) is 3. The molecule has 7 heteroatoms. The molecule has 2 amide bonds. The number of phenolic OH excluding ortho intramolecular Hbond substituents is 1. The minimum absolute atomic E-state index is 0.0233. The van der Waals surface area contributed by atoms with Gasteiger partial charge in [-0.05, 0) is 18.2 Å². The third-order valence-electron chi connectivity index (χ3n) is 2.78. The van der Waals surface area contributed by atoms with Crippen LogP contribution in [0.3, 0.4) is 0 Å². The summed E-state index contributed by atoms with van der Waals surface area (Å²) < 4.78 is 0. The van der Waals surface area contributed by atoms with E-state index in [1.54, 1.807) is 16.7 Å². The normalized spacial score (nSPS) is 15.1. The van der Waals surface area contributed by atoms with Gasteiger partial charge in [-0.25, -0.2) is 9.59 Å². The molecule has 6 nitrogen and oxygen atoms in total. The van der Waals surface area contributed by atoms with Crippen molar-refractivity contribution < 1.29 is 19.8 Å². The first kappa shape index (κ1) is 13.5. The Labute approximate surface area is 114 Å². The molecule has 0 saturated carbocycles. The zero-order valence-corrected chi connectivity index (χ0v) is 10.9. The third kappa shape index (κ3) is 3.31. The van der Waals surface area contributed by atoms with Gasteiger partial charge in [0, 0.05) is 24.6 Å². The molecule has 1 fully saturated rings. The van der Waals surface area contributed by atoms with Crippen LogP contribution in [0.25, 0.3) is 0 Å². The number of amides is 2. The number of anilines is 1. The lowest BCUT2D eigenvalue weighted by Crippen LogP contribution is -2.40. The van der Waals surface area contributed by atoms with Gasteiger partial charge in [-0.3, -0.25) is 0 Å². The fourth-order valence-corrected chi connectivity index (χ4v) is 2.63. The van der Waals surface area contributed by atoms with Crippen LogP contribution in [-0.4, -0.2) is 51.7 Å². The van der Waals surface area contributed by atoms with Gasteiger partial charge in [0.1, 0.15) is 5.75 Å². The topological polar surface area (TPSA) is 89.9 Å². The van der Waals surface area contributed by atoms with Gasteiger partial charge in [-0.1, -0.05) is 0 Å². The zero-order chi connectivity index (χ0) is 13.8. The average molecular weight is 282 g/mol. The highest BCUT2D eigenvalue weighted by Crippen LogP contribution is 2.25. The Bertz CT molecular complexity index is 501. The molecule has 1 aliphatic rings. The number of carboxylic acid groups (broad SMARTS) is 1. The first-order chi connectivity index (χ1) is 9.08. The smallest absolute Gasteiger partial charge is 0.335 e. The number of carboxylic acids is 1. The van der Waals surface area contributed by atoms with Crippen molar-refractivity contribution in [3.8, 4) is 5.75 Å². The number of aromatic hydroxyl groups is 1. The van der Waals surface area contributed by atoms with Crippen LogP contribution in [0.5, 0.6) is 5.75 Å². The van der Waals surface area contributed by atoms with Gasteiger partial charge < -0.3 is 20.4 Å².